The highest BCUT2D eigenvalue weighted by Gasteiger charge is 2.22. The Morgan fingerprint density at radius 3 is 2.25 bits per heavy atom. The van der Waals surface area contributed by atoms with Gasteiger partial charge in [-0.25, -0.2) is 21.1 Å². The molecule has 0 saturated carbocycles. The molecule has 0 heterocycles. The molecule has 24 heavy (non-hydrogen) atoms. The lowest BCUT2D eigenvalue weighted by molar-refractivity contribution is 0.477. The summed E-state index contributed by atoms with van der Waals surface area (Å²) in [5, 5.41) is 9.87. The second-order valence-electron chi connectivity index (χ2n) is 5.00. The standard InChI is InChI=1S/C14H15BrN2O5S2/c1-17(2)24(21,22)10-7-8-13(18)12(9-10)16-23(19,20)14-6-4-3-5-11(14)15/h3-9,16,18H,1-2H3. The van der Waals surface area contributed by atoms with Gasteiger partial charge in [-0.3, -0.25) is 4.72 Å². The molecule has 0 saturated heterocycles. The highest BCUT2D eigenvalue weighted by atomic mass is 79.9. The van der Waals surface area contributed by atoms with Gasteiger partial charge in [-0.1, -0.05) is 12.1 Å². The van der Waals surface area contributed by atoms with Crippen LogP contribution in [0.2, 0.25) is 0 Å². The van der Waals surface area contributed by atoms with E-state index in [1.807, 2.05) is 0 Å². The molecule has 0 aliphatic carbocycles. The van der Waals surface area contributed by atoms with E-state index in [4.69, 9.17) is 0 Å². The molecule has 10 heteroatoms. The molecule has 7 nitrogen and oxygen atoms in total. The Morgan fingerprint density at radius 1 is 1.04 bits per heavy atom. The van der Waals surface area contributed by atoms with Crippen molar-refractivity contribution in [1.82, 2.24) is 4.31 Å². The number of rotatable bonds is 5. The summed E-state index contributed by atoms with van der Waals surface area (Å²) in [6.07, 6.45) is 0. The molecule has 0 spiro atoms. The van der Waals surface area contributed by atoms with Gasteiger partial charge in [0.15, 0.2) is 0 Å². The third-order valence-electron chi connectivity index (χ3n) is 3.12. The lowest BCUT2D eigenvalue weighted by Crippen LogP contribution is -2.22. The molecule has 2 rings (SSSR count). The predicted octanol–water partition coefficient (Wildman–Crippen LogP) is 2.21. The number of hydrogen-bond acceptors (Lipinski definition) is 5. The number of phenolic OH excluding ortho intramolecular Hbond substituents is 1. The molecule has 2 N–H and O–H groups in total. The van der Waals surface area contributed by atoms with Gasteiger partial charge in [0.25, 0.3) is 10.0 Å². The summed E-state index contributed by atoms with van der Waals surface area (Å²) in [7, 11) is -5.07. The molecule has 0 aromatic heterocycles. The molecule has 0 aliphatic rings. The van der Waals surface area contributed by atoms with Crippen molar-refractivity contribution in [2.24, 2.45) is 0 Å². The lowest BCUT2D eigenvalue weighted by atomic mass is 10.3. The molecule has 0 radical (unpaired) electrons. The van der Waals surface area contributed by atoms with Crippen LogP contribution in [0.1, 0.15) is 0 Å². The van der Waals surface area contributed by atoms with E-state index in [2.05, 4.69) is 20.7 Å². The Labute approximate surface area is 149 Å². The number of nitrogens with zero attached hydrogens (tertiary/aromatic N) is 1. The zero-order valence-electron chi connectivity index (χ0n) is 12.8. The van der Waals surface area contributed by atoms with Gasteiger partial charge in [-0.2, -0.15) is 0 Å². The number of sulfonamides is 2. The highest BCUT2D eigenvalue weighted by Crippen LogP contribution is 2.31. The number of aromatic hydroxyl groups is 1. The van der Waals surface area contributed by atoms with Gasteiger partial charge in [0.2, 0.25) is 10.0 Å². The van der Waals surface area contributed by atoms with Crippen molar-refractivity contribution in [3.05, 3.63) is 46.9 Å². The first-order valence-electron chi connectivity index (χ1n) is 6.58. The maximum absolute atomic E-state index is 12.5. The Balaban J connectivity index is 2.49. The normalized spacial score (nSPS) is 12.3. The van der Waals surface area contributed by atoms with Crippen molar-refractivity contribution >= 4 is 41.7 Å². The smallest absolute Gasteiger partial charge is 0.263 e. The average molecular weight is 435 g/mol. The number of nitrogens with one attached hydrogen (secondary N) is 1. The second kappa shape index (κ2) is 6.71. The molecule has 0 unspecified atom stereocenters. The fraction of sp³-hybridized carbons (Fsp3) is 0.143. The van der Waals surface area contributed by atoms with Crippen molar-refractivity contribution < 1.29 is 21.9 Å². The third-order valence-corrected chi connectivity index (χ3v) is 7.31. The predicted molar refractivity (Wildman–Crippen MR) is 93.9 cm³/mol. The molecular formula is C14H15BrN2O5S2. The minimum absolute atomic E-state index is 0.0368. The molecule has 2 aromatic rings. The van der Waals surface area contributed by atoms with Crippen molar-refractivity contribution in [3.8, 4) is 5.75 Å². The minimum Gasteiger partial charge on any atom is -0.506 e. The maximum Gasteiger partial charge on any atom is 0.263 e. The fourth-order valence-corrected chi connectivity index (χ4v) is 4.83. The lowest BCUT2D eigenvalue weighted by Gasteiger charge is -2.14. The van der Waals surface area contributed by atoms with Crippen molar-refractivity contribution in [2.75, 3.05) is 18.8 Å². The van der Waals surface area contributed by atoms with Crippen LogP contribution in [0.25, 0.3) is 0 Å². The van der Waals surface area contributed by atoms with Gasteiger partial charge in [-0.05, 0) is 46.3 Å². The molecule has 0 amide bonds. The van der Waals surface area contributed by atoms with Crippen molar-refractivity contribution in [2.45, 2.75) is 9.79 Å². The average Bonchev–Trinajstić information content (AvgIpc) is 2.49. The van der Waals surface area contributed by atoms with E-state index >= 15 is 0 Å². The van der Waals surface area contributed by atoms with Gasteiger partial charge in [-0.15, -0.1) is 0 Å². The number of halogens is 1. The van der Waals surface area contributed by atoms with E-state index < -0.39 is 20.0 Å². The molecular weight excluding hydrogens is 420 g/mol. The van der Waals surface area contributed by atoms with Crippen LogP contribution in [0, 0.1) is 0 Å². The van der Waals surface area contributed by atoms with E-state index in [9.17, 15) is 21.9 Å². The van der Waals surface area contributed by atoms with Crippen LogP contribution in [-0.4, -0.2) is 40.3 Å². The zero-order valence-corrected chi connectivity index (χ0v) is 16.0. The van der Waals surface area contributed by atoms with Crippen LogP contribution in [0.5, 0.6) is 5.75 Å². The van der Waals surface area contributed by atoms with E-state index in [1.54, 1.807) is 18.2 Å². The Bertz CT molecular complexity index is 972. The monoisotopic (exact) mass is 434 g/mol. The second-order valence-corrected chi connectivity index (χ2v) is 9.66. The number of phenols is 1. The van der Waals surface area contributed by atoms with Crippen LogP contribution in [0.4, 0.5) is 5.69 Å². The van der Waals surface area contributed by atoms with Crippen LogP contribution in [0.15, 0.2) is 56.7 Å². The van der Waals surface area contributed by atoms with Crippen LogP contribution >= 0.6 is 15.9 Å². The highest BCUT2D eigenvalue weighted by molar-refractivity contribution is 9.10. The summed E-state index contributed by atoms with van der Waals surface area (Å²) in [6, 6.07) is 9.52. The fourth-order valence-electron chi connectivity index (χ4n) is 1.83. The molecule has 130 valence electrons. The van der Waals surface area contributed by atoms with Crippen LogP contribution in [0.3, 0.4) is 0 Å². The van der Waals surface area contributed by atoms with E-state index in [0.717, 1.165) is 16.4 Å². The van der Waals surface area contributed by atoms with Crippen molar-refractivity contribution in [3.63, 3.8) is 0 Å². The van der Waals surface area contributed by atoms with E-state index in [0.29, 0.717) is 4.47 Å². The summed E-state index contributed by atoms with van der Waals surface area (Å²) >= 11 is 3.15. The summed E-state index contributed by atoms with van der Waals surface area (Å²) in [5.41, 5.74) is -0.228. The zero-order chi connectivity index (χ0) is 18.1. The van der Waals surface area contributed by atoms with E-state index in [-0.39, 0.29) is 21.2 Å². The van der Waals surface area contributed by atoms with E-state index in [1.165, 1.54) is 26.2 Å². The number of benzene rings is 2. The van der Waals surface area contributed by atoms with Crippen molar-refractivity contribution in [1.29, 1.82) is 0 Å². The van der Waals surface area contributed by atoms with Gasteiger partial charge in [0.05, 0.1) is 10.6 Å². The summed E-state index contributed by atoms with van der Waals surface area (Å²) in [4.78, 5) is -0.180. The molecule has 2 aromatic carbocycles. The minimum atomic E-state index is -4.01. The SMILES string of the molecule is CN(C)S(=O)(=O)c1ccc(O)c(NS(=O)(=O)c2ccccc2Br)c1. The van der Waals surface area contributed by atoms with Gasteiger partial charge in [0, 0.05) is 18.6 Å². The summed E-state index contributed by atoms with van der Waals surface area (Å²) in [6.45, 7) is 0. The topological polar surface area (TPSA) is 104 Å². The quantitative estimate of drug-likeness (QED) is 0.701. The molecule has 0 bridgehead atoms. The Morgan fingerprint density at radius 2 is 1.67 bits per heavy atom. The first kappa shape index (κ1) is 18.7. The van der Waals surface area contributed by atoms with Gasteiger partial charge < -0.3 is 5.11 Å². The number of anilines is 1. The Hall–Kier alpha value is -1.62. The summed E-state index contributed by atoms with van der Waals surface area (Å²) < 4.78 is 52.7. The summed E-state index contributed by atoms with van der Waals surface area (Å²) in [5.74, 6) is -0.386. The van der Waals surface area contributed by atoms with Gasteiger partial charge >= 0.3 is 0 Å². The maximum atomic E-state index is 12.5. The number of hydrogen-bond donors (Lipinski definition) is 2. The first-order chi connectivity index (χ1) is 11.1. The molecule has 0 aliphatic heterocycles. The van der Waals surface area contributed by atoms with Crippen LogP contribution in [-0.2, 0) is 20.0 Å². The largest absolute Gasteiger partial charge is 0.506 e. The third kappa shape index (κ3) is 3.72. The Kier molecular flexibility index (Phi) is 5.23. The van der Waals surface area contributed by atoms with Gasteiger partial charge in [0.1, 0.15) is 10.6 Å². The first-order valence-corrected chi connectivity index (χ1v) is 10.3. The van der Waals surface area contributed by atoms with Crippen LogP contribution < -0.4 is 4.72 Å². The molecule has 0 fully saturated rings. The molecule has 0 atom stereocenters.